The van der Waals surface area contributed by atoms with E-state index in [1.165, 1.54) is 0 Å². The van der Waals surface area contributed by atoms with Gasteiger partial charge in [0, 0.05) is 37.6 Å². The van der Waals surface area contributed by atoms with Crippen LogP contribution in [0.2, 0.25) is 0 Å². The van der Waals surface area contributed by atoms with Gasteiger partial charge in [-0.2, -0.15) is 4.31 Å². The highest BCUT2D eigenvalue weighted by Crippen LogP contribution is 2.21. The summed E-state index contributed by atoms with van der Waals surface area (Å²) >= 11 is 0. The summed E-state index contributed by atoms with van der Waals surface area (Å²) in [4.78, 5) is 12.9. The van der Waals surface area contributed by atoms with E-state index in [1.54, 1.807) is 28.6 Å². The molecule has 2 heterocycles. The van der Waals surface area contributed by atoms with Crippen molar-refractivity contribution in [2.75, 3.05) is 13.1 Å². The highest BCUT2D eigenvalue weighted by molar-refractivity contribution is 7.89. The SMILES string of the molecule is Cn1c(C(=O)NCc2ccc(S(=O)(=O)N3CCCCC3)cc2)cc2ccccc21. The zero-order chi connectivity index (χ0) is 20.4. The van der Waals surface area contributed by atoms with Gasteiger partial charge in [0.05, 0.1) is 4.90 Å². The Morgan fingerprint density at radius 1 is 1.00 bits per heavy atom. The van der Waals surface area contributed by atoms with Crippen molar-refractivity contribution in [1.82, 2.24) is 14.2 Å². The van der Waals surface area contributed by atoms with Gasteiger partial charge in [0.1, 0.15) is 5.69 Å². The Morgan fingerprint density at radius 2 is 1.69 bits per heavy atom. The molecule has 0 saturated carbocycles. The van der Waals surface area contributed by atoms with Gasteiger partial charge in [-0.15, -0.1) is 0 Å². The Morgan fingerprint density at radius 3 is 2.38 bits per heavy atom. The molecule has 1 N–H and O–H groups in total. The number of rotatable bonds is 5. The predicted octanol–water partition coefficient (Wildman–Crippen LogP) is 3.28. The first-order valence-electron chi connectivity index (χ1n) is 9.88. The number of fused-ring (bicyclic) bond motifs is 1. The van der Waals surface area contributed by atoms with E-state index in [0.29, 0.717) is 30.2 Å². The van der Waals surface area contributed by atoms with Gasteiger partial charge in [-0.1, -0.05) is 36.8 Å². The molecular formula is C22H25N3O3S. The molecule has 1 saturated heterocycles. The molecule has 1 fully saturated rings. The van der Waals surface area contributed by atoms with E-state index in [-0.39, 0.29) is 5.91 Å². The number of piperidine rings is 1. The van der Waals surface area contributed by atoms with Crippen molar-refractivity contribution in [2.45, 2.75) is 30.7 Å². The third-order valence-corrected chi connectivity index (χ3v) is 7.43. The average molecular weight is 412 g/mol. The minimum atomic E-state index is -3.43. The van der Waals surface area contributed by atoms with Crippen LogP contribution >= 0.6 is 0 Å². The van der Waals surface area contributed by atoms with E-state index in [9.17, 15) is 13.2 Å². The summed E-state index contributed by atoms with van der Waals surface area (Å²) in [5.74, 6) is -0.159. The van der Waals surface area contributed by atoms with Crippen molar-refractivity contribution in [2.24, 2.45) is 7.05 Å². The largest absolute Gasteiger partial charge is 0.347 e. The maximum atomic E-state index is 12.7. The molecule has 1 aliphatic heterocycles. The van der Waals surface area contributed by atoms with Crippen LogP contribution in [-0.2, 0) is 23.6 Å². The van der Waals surface area contributed by atoms with Crippen LogP contribution in [0.5, 0.6) is 0 Å². The lowest BCUT2D eigenvalue weighted by Gasteiger charge is -2.25. The predicted molar refractivity (Wildman–Crippen MR) is 113 cm³/mol. The van der Waals surface area contributed by atoms with Crippen LogP contribution in [0.3, 0.4) is 0 Å². The summed E-state index contributed by atoms with van der Waals surface area (Å²) in [6.07, 6.45) is 2.91. The Hall–Kier alpha value is -2.64. The van der Waals surface area contributed by atoms with Gasteiger partial charge in [-0.05, 0) is 42.7 Å². The Balaban J connectivity index is 1.43. The van der Waals surface area contributed by atoms with E-state index in [2.05, 4.69) is 5.32 Å². The summed E-state index contributed by atoms with van der Waals surface area (Å²) in [5.41, 5.74) is 2.45. The number of amides is 1. The van der Waals surface area contributed by atoms with Crippen molar-refractivity contribution < 1.29 is 13.2 Å². The van der Waals surface area contributed by atoms with Gasteiger partial charge in [0.2, 0.25) is 10.0 Å². The summed E-state index contributed by atoms with van der Waals surface area (Å²) in [6.45, 7) is 1.51. The van der Waals surface area contributed by atoms with E-state index >= 15 is 0 Å². The molecule has 6 nitrogen and oxygen atoms in total. The van der Waals surface area contributed by atoms with Crippen LogP contribution in [0.4, 0.5) is 0 Å². The van der Waals surface area contributed by atoms with Crippen LogP contribution in [0.15, 0.2) is 59.5 Å². The first-order chi connectivity index (χ1) is 14.0. The lowest BCUT2D eigenvalue weighted by Crippen LogP contribution is -2.35. The van der Waals surface area contributed by atoms with Crippen molar-refractivity contribution in [3.8, 4) is 0 Å². The molecule has 1 amide bonds. The molecule has 3 aromatic rings. The molecule has 0 radical (unpaired) electrons. The number of para-hydroxylation sites is 1. The molecule has 0 bridgehead atoms. The molecule has 29 heavy (non-hydrogen) atoms. The topological polar surface area (TPSA) is 71.4 Å². The molecule has 1 aliphatic rings. The first kappa shape index (κ1) is 19.7. The van der Waals surface area contributed by atoms with Crippen molar-refractivity contribution in [3.05, 3.63) is 65.9 Å². The van der Waals surface area contributed by atoms with Crippen LogP contribution < -0.4 is 5.32 Å². The van der Waals surface area contributed by atoms with E-state index in [4.69, 9.17) is 0 Å². The van der Waals surface area contributed by atoms with Gasteiger partial charge in [-0.3, -0.25) is 4.79 Å². The number of carbonyl (C=O) groups excluding carboxylic acids is 1. The van der Waals surface area contributed by atoms with Crippen LogP contribution in [0.1, 0.15) is 35.3 Å². The number of aromatic nitrogens is 1. The second kappa shape index (κ2) is 8.00. The summed E-state index contributed by atoms with van der Waals surface area (Å²) in [5, 5.41) is 3.94. The number of nitrogens with zero attached hydrogens (tertiary/aromatic N) is 2. The van der Waals surface area contributed by atoms with E-state index in [0.717, 1.165) is 35.7 Å². The van der Waals surface area contributed by atoms with Crippen molar-refractivity contribution >= 4 is 26.8 Å². The third-order valence-electron chi connectivity index (χ3n) is 5.51. The van der Waals surface area contributed by atoms with Gasteiger partial charge < -0.3 is 9.88 Å². The zero-order valence-corrected chi connectivity index (χ0v) is 17.3. The fraction of sp³-hybridized carbons (Fsp3) is 0.318. The molecule has 2 aromatic carbocycles. The Bertz CT molecular complexity index is 1130. The smallest absolute Gasteiger partial charge is 0.268 e. The standard InChI is InChI=1S/C22H25N3O3S/c1-24-20-8-4-3-7-18(20)15-21(24)22(26)23-16-17-9-11-19(12-10-17)29(27,28)25-13-5-2-6-14-25/h3-4,7-12,15H,2,5-6,13-14,16H2,1H3,(H,23,26). The van der Waals surface area contributed by atoms with Crippen molar-refractivity contribution in [1.29, 1.82) is 0 Å². The normalized spacial score (nSPS) is 15.5. The fourth-order valence-corrected chi connectivity index (χ4v) is 5.33. The minimum Gasteiger partial charge on any atom is -0.347 e. The summed E-state index contributed by atoms with van der Waals surface area (Å²) in [6, 6.07) is 16.5. The Labute approximate surface area is 171 Å². The van der Waals surface area contributed by atoms with Crippen molar-refractivity contribution in [3.63, 3.8) is 0 Å². The first-order valence-corrected chi connectivity index (χ1v) is 11.3. The number of nitrogens with one attached hydrogen (secondary N) is 1. The van der Waals surface area contributed by atoms with Crippen LogP contribution in [-0.4, -0.2) is 36.3 Å². The van der Waals surface area contributed by atoms with Crippen LogP contribution in [0, 0.1) is 0 Å². The number of aryl methyl sites for hydroxylation is 1. The molecule has 0 aliphatic carbocycles. The number of hydrogen-bond acceptors (Lipinski definition) is 3. The average Bonchev–Trinajstić information content (AvgIpc) is 3.10. The quantitative estimate of drug-likeness (QED) is 0.700. The number of sulfonamides is 1. The van der Waals surface area contributed by atoms with E-state index in [1.807, 2.05) is 41.9 Å². The number of benzene rings is 2. The molecule has 4 rings (SSSR count). The lowest BCUT2D eigenvalue weighted by atomic mass is 10.2. The van der Waals surface area contributed by atoms with Gasteiger partial charge in [0.15, 0.2) is 0 Å². The highest BCUT2D eigenvalue weighted by atomic mass is 32.2. The molecule has 0 atom stereocenters. The highest BCUT2D eigenvalue weighted by Gasteiger charge is 2.25. The number of carbonyl (C=O) groups is 1. The molecular weight excluding hydrogens is 386 g/mol. The van der Waals surface area contributed by atoms with Gasteiger partial charge in [0.25, 0.3) is 5.91 Å². The van der Waals surface area contributed by atoms with E-state index < -0.39 is 10.0 Å². The third kappa shape index (κ3) is 3.93. The second-order valence-electron chi connectivity index (χ2n) is 7.44. The lowest BCUT2D eigenvalue weighted by molar-refractivity contribution is 0.0943. The maximum absolute atomic E-state index is 12.7. The molecule has 1 aromatic heterocycles. The zero-order valence-electron chi connectivity index (χ0n) is 16.5. The summed E-state index contributed by atoms with van der Waals surface area (Å²) in [7, 11) is -1.56. The second-order valence-corrected chi connectivity index (χ2v) is 9.38. The van der Waals surface area contributed by atoms with Gasteiger partial charge >= 0.3 is 0 Å². The molecule has 152 valence electrons. The van der Waals surface area contributed by atoms with Crippen LogP contribution in [0.25, 0.3) is 10.9 Å². The maximum Gasteiger partial charge on any atom is 0.268 e. The Kier molecular flexibility index (Phi) is 5.43. The summed E-state index contributed by atoms with van der Waals surface area (Å²) < 4.78 is 28.9. The number of hydrogen-bond donors (Lipinski definition) is 1. The molecule has 7 heteroatoms. The molecule has 0 spiro atoms. The fourth-order valence-electron chi connectivity index (χ4n) is 3.81. The molecule has 0 unspecified atom stereocenters. The minimum absolute atomic E-state index is 0.159. The van der Waals surface area contributed by atoms with Gasteiger partial charge in [-0.25, -0.2) is 8.42 Å². The monoisotopic (exact) mass is 411 g/mol.